The highest BCUT2D eigenvalue weighted by atomic mass is 16.6. The molecule has 104 valence electrons. The second-order valence-corrected chi connectivity index (χ2v) is 5.71. The van der Waals surface area contributed by atoms with Crippen molar-refractivity contribution in [1.82, 2.24) is 0 Å². The smallest absolute Gasteiger partial charge is 0.274 e. The van der Waals surface area contributed by atoms with E-state index in [1.165, 1.54) is 19.3 Å². The number of aryl methyl sites for hydroxylation is 1. The summed E-state index contributed by atoms with van der Waals surface area (Å²) in [5.41, 5.74) is 1.79. The van der Waals surface area contributed by atoms with Crippen molar-refractivity contribution in [2.24, 2.45) is 5.92 Å². The lowest BCUT2D eigenvalue weighted by Gasteiger charge is -2.18. The average molecular weight is 262 g/mol. The fourth-order valence-corrected chi connectivity index (χ4v) is 2.76. The van der Waals surface area contributed by atoms with Crippen LogP contribution in [0.15, 0.2) is 18.2 Å². The summed E-state index contributed by atoms with van der Waals surface area (Å²) >= 11 is 0. The van der Waals surface area contributed by atoms with Crippen molar-refractivity contribution in [2.45, 2.75) is 52.0 Å². The van der Waals surface area contributed by atoms with Crippen LogP contribution in [0.1, 0.15) is 44.6 Å². The zero-order chi connectivity index (χ0) is 13.8. The lowest BCUT2D eigenvalue weighted by atomic mass is 10.0. The molecule has 2 rings (SSSR count). The second-order valence-electron chi connectivity index (χ2n) is 5.71. The first-order valence-corrected chi connectivity index (χ1v) is 7.08. The molecule has 1 saturated carbocycles. The molecule has 1 fully saturated rings. The summed E-state index contributed by atoms with van der Waals surface area (Å²) in [5, 5.41) is 14.4. The van der Waals surface area contributed by atoms with E-state index in [0.717, 1.165) is 24.4 Å². The molecule has 4 nitrogen and oxygen atoms in total. The van der Waals surface area contributed by atoms with E-state index in [4.69, 9.17) is 0 Å². The lowest BCUT2D eigenvalue weighted by molar-refractivity contribution is -0.385. The van der Waals surface area contributed by atoms with Crippen LogP contribution in [0.3, 0.4) is 0 Å². The molecule has 2 atom stereocenters. The Kier molecular flexibility index (Phi) is 4.40. The topological polar surface area (TPSA) is 55.2 Å². The zero-order valence-corrected chi connectivity index (χ0v) is 11.7. The van der Waals surface area contributed by atoms with Gasteiger partial charge in [-0.3, -0.25) is 10.1 Å². The van der Waals surface area contributed by atoms with Crippen molar-refractivity contribution in [3.63, 3.8) is 0 Å². The molecule has 1 aromatic carbocycles. The summed E-state index contributed by atoms with van der Waals surface area (Å²) in [6.45, 7) is 4.08. The Morgan fingerprint density at radius 3 is 2.79 bits per heavy atom. The maximum absolute atomic E-state index is 10.9. The Labute approximate surface area is 114 Å². The number of hydrogen-bond donors (Lipinski definition) is 1. The minimum Gasteiger partial charge on any atom is -0.382 e. The predicted molar refractivity (Wildman–Crippen MR) is 77.5 cm³/mol. The molecule has 1 aliphatic rings. The maximum Gasteiger partial charge on any atom is 0.274 e. The number of nitrogens with one attached hydrogen (secondary N) is 1. The zero-order valence-electron chi connectivity index (χ0n) is 11.7. The first kappa shape index (κ1) is 13.8. The summed E-state index contributed by atoms with van der Waals surface area (Å²) in [6.07, 6.45) is 6.10. The summed E-state index contributed by atoms with van der Waals surface area (Å²) in [7, 11) is 0. The highest BCUT2D eigenvalue weighted by Gasteiger charge is 2.17. The van der Waals surface area contributed by atoms with Crippen molar-refractivity contribution in [1.29, 1.82) is 0 Å². The Morgan fingerprint density at radius 2 is 2.05 bits per heavy atom. The minimum atomic E-state index is -0.310. The van der Waals surface area contributed by atoms with Gasteiger partial charge in [0, 0.05) is 23.4 Å². The standard InChI is InChI=1S/C15H22N2O2/c1-11-4-3-5-13(8-6-11)16-14-9-7-12(2)15(10-14)17(18)19/h7,9-11,13,16H,3-6,8H2,1-2H3. The number of benzene rings is 1. The second kappa shape index (κ2) is 6.04. The van der Waals surface area contributed by atoms with Gasteiger partial charge in [0.1, 0.15) is 0 Å². The molecular weight excluding hydrogens is 240 g/mol. The molecule has 2 unspecified atom stereocenters. The van der Waals surface area contributed by atoms with Crippen molar-refractivity contribution in [3.05, 3.63) is 33.9 Å². The Balaban J connectivity index is 2.06. The van der Waals surface area contributed by atoms with Crippen molar-refractivity contribution < 1.29 is 4.92 Å². The number of nitro benzene ring substituents is 1. The van der Waals surface area contributed by atoms with Gasteiger partial charge >= 0.3 is 0 Å². The van der Waals surface area contributed by atoms with E-state index < -0.39 is 0 Å². The molecule has 0 saturated heterocycles. The Bertz CT molecular complexity index is 459. The van der Waals surface area contributed by atoms with Gasteiger partial charge in [-0.15, -0.1) is 0 Å². The molecule has 1 aromatic rings. The molecule has 4 heteroatoms. The van der Waals surface area contributed by atoms with Gasteiger partial charge in [0.2, 0.25) is 0 Å². The van der Waals surface area contributed by atoms with Crippen LogP contribution in [0.4, 0.5) is 11.4 Å². The van der Waals surface area contributed by atoms with Crippen LogP contribution in [-0.4, -0.2) is 11.0 Å². The van der Waals surface area contributed by atoms with E-state index in [1.807, 2.05) is 12.1 Å². The van der Waals surface area contributed by atoms with Gasteiger partial charge in [0.05, 0.1) is 4.92 Å². The van der Waals surface area contributed by atoms with Crippen molar-refractivity contribution in [3.8, 4) is 0 Å². The van der Waals surface area contributed by atoms with E-state index in [2.05, 4.69) is 12.2 Å². The predicted octanol–water partition coefficient (Wildman–Crippen LogP) is 4.28. The normalized spacial score (nSPS) is 23.7. The number of anilines is 1. The summed E-state index contributed by atoms with van der Waals surface area (Å²) in [4.78, 5) is 10.6. The van der Waals surface area contributed by atoms with Crippen LogP contribution >= 0.6 is 0 Å². The number of nitrogens with zero attached hydrogens (tertiary/aromatic N) is 1. The highest BCUT2D eigenvalue weighted by molar-refractivity contribution is 5.55. The summed E-state index contributed by atoms with van der Waals surface area (Å²) < 4.78 is 0. The molecular formula is C15H22N2O2. The van der Waals surface area contributed by atoms with E-state index >= 15 is 0 Å². The summed E-state index contributed by atoms with van der Waals surface area (Å²) in [6, 6.07) is 5.87. The van der Waals surface area contributed by atoms with Gasteiger partial charge in [0.15, 0.2) is 0 Å². The summed E-state index contributed by atoms with van der Waals surface area (Å²) in [5.74, 6) is 0.805. The molecule has 0 aromatic heterocycles. The highest BCUT2D eigenvalue weighted by Crippen LogP contribution is 2.27. The first-order chi connectivity index (χ1) is 9.06. The molecule has 19 heavy (non-hydrogen) atoms. The molecule has 0 radical (unpaired) electrons. The lowest BCUT2D eigenvalue weighted by Crippen LogP contribution is -2.18. The number of rotatable bonds is 3. The molecule has 0 aliphatic heterocycles. The van der Waals surface area contributed by atoms with Crippen LogP contribution in [0, 0.1) is 23.0 Å². The van der Waals surface area contributed by atoms with Crippen molar-refractivity contribution in [2.75, 3.05) is 5.32 Å². The van der Waals surface area contributed by atoms with Gasteiger partial charge in [-0.1, -0.05) is 25.8 Å². The van der Waals surface area contributed by atoms with Crippen molar-refractivity contribution >= 4 is 11.4 Å². The molecule has 0 amide bonds. The Hall–Kier alpha value is -1.58. The van der Waals surface area contributed by atoms with Gasteiger partial charge < -0.3 is 5.32 Å². The van der Waals surface area contributed by atoms with E-state index in [9.17, 15) is 10.1 Å². The van der Waals surface area contributed by atoms with E-state index in [1.54, 1.807) is 13.0 Å². The van der Waals surface area contributed by atoms with Crippen LogP contribution in [0.2, 0.25) is 0 Å². The monoisotopic (exact) mass is 262 g/mol. The molecule has 0 heterocycles. The number of hydrogen-bond acceptors (Lipinski definition) is 3. The average Bonchev–Trinajstić information content (AvgIpc) is 2.56. The third-order valence-corrected chi connectivity index (χ3v) is 4.03. The number of nitro groups is 1. The molecule has 1 N–H and O–H groups in total. The third kappa shape index (κ3) is 3.69. The SMILES string of the molecule is Cc1ccc(NC2CCCC(C)CC2)cc1[N+](=O)[O-]. The van der Waals surface area contributed by atoms with Crippen LogP contribution in [0.5, 0.6) is 0 Å². The van der Waals surface area contributed by atoms with Crippen LogP contribution in [0.25, 0.3) is 0 Å². The van der Waals surface area contributed by atoms with Crippen LogP contribution < -0.4 is 5.32 Å². The van der Waals surface area contributed by atoms with Gasteiger partial charge in [-0.2, -0.15) is 0 Å². The van der Waals surface area contributed by atoms with Crippen LogP contribution in [-0.2, 0) is 0 Å². The minimum absolute atomic E-state index is 0.201. The third-order valence-electron chi connectivity index (χ3n) is 4.03. The molecule has 0 spiro atoms. The van der Waals surface area contributed by atoms with Gasteiger partial charge in [-0.25, -0.2) is 0 Å². The van der Waals surface area contributed by atoms with Gasteiger partial charge in [-0.05, 0) is 38.2 Å². The largest absolute Gasteiger partial charge is 0.382 e. The van der Waals surface area contributed by atoms with E-state index in [0.29, 0.717) is 11.6 Å². The maximum atomic E-state index is 10.9. The molecule has 0 bridgehead atoms. The van der Waals surface area contributed by atoms with E-state index in [-0.39, 0.29) is 10.6 Å². The molecule has 1 aliphatic carbocycles. The first-order valence-electron chi connectivity index (χ1n) is 7.08. The fourth-order valence-electron chi connectivity index (χ4n) is 2.76. The van der Waals surface area contributed by atoms with Gasteiger partial charge in [0.25, 0.3) is 5.69 Å². The Morgan fingerprint density at radius 1 is 1.26 bits per heavy atom. The quantitative estimate of drug-likeness (QED) is 0.502. The fraction of sp³-hybridized carbons (Fsp3) is 0.600.